The van der Waals surface area contributed by atoms with Gasteiger partial charge in [0.1, 0.15) is 11.9 Å². The summed E-state index contributed by atoms with van der Waals surface area (Å²) >= 11 is 12.0. The fourth-order valence-electron chi connectivity index (χ4n) is 4.53. The predicted octanol–water partition coefficient (Wildman–Crippen LogP) is 6.46. The van der Waals surface area contributed by atoms with E-state index in [1.165, 1.54) is 6.07 Å². The van der Waals surface area contributed by atoms with Crippen LogP contribution < -0.4 is 10.2 Å². The Bertz CT molecular complexity index is 1320. The van der Waals surface area contributed by atoms with Crippen molar-refractivity contribution < 1.29 is 4.39 Å². The van der Waals surface area contributed by atoms with Crippen LogP contribution in [0.4, 0.5) is 10.1 Å². The number of hydrogen-bond donors (Lipinski definition) is 1. The Labute approximate surface area is 202 Å². The largest absolute Gasteiger partial charge is 0.351 e. The first kappa shape index (κ1) is 21.6. The Morgan fingerprint density at radius 2 is 1.76 bits per heavy atom. The van der Waals surface area contributed by atoms with E-state index in [1.54, 1.807) is 18.3 Å². The first-order chi connectivity index (χ1) is 15.9. The van der Waals surface area contributed by atoms with Gasteiger partial charge in [-0.1, -0.05) is 23.7 Å². The van der Waals surface area contributed by atoms with Crippen LogP contribution in [0.2, 0.25) is 5.02 Å². The molecule has 0 saturated carbocycles. The van der Waals surface area contributed by atoms with Gasteiger partial charge >= 0.3 is 0 Å². The van der Waals surface area contributed by atoms with E-state index in [0.29, 0.717) is 5.11 Å². The van der Waals surface area contributed by atoms with Crippen LogP contribution in [0.1, 0.15) is 34.6 Å². The lowest BCUT2D eigenvalue weighted by atomic mass is 10.00. The quantitative estimate of drug-likeness (QED) is 0.343. The number of rotatable bonds is 4. The summed E-state index contributed by atoms with van der Waals surface area (Å²) in [5.41, 5.74) is 5.99. The van der Waals surface area contributed by atoms with Crippen molar-refractivity contribution >= 4 is 34.6 Å². The zero-order valence-electron chi connectivity index (χ0n) is 18.2. The Morgan fingerprint density at radius 1 is 0.970 bits per heavy atom. The molecule has 0 aliphatic carbocycles. The van der Waals surface area contributed by atoms with Gasteiger partial charge in [0.05, 0.1) is 16.8 Å². The number of anilines is 1. The lowest BCUT2D eigenvalue weighted by Crippen LogP contribution is -2.30. The Kier molecular flexibility index (Phi) is 5.64. The van der Waals surface area contributed by atoms with Crippen LogP contribution in [0, 0.1) is 19.7 Å². The Hall–Kier alpha value is -3.22. The van der Waals surface area contributed by atoms with Crippen molar-refractivity contribution in [3.63, 3.8) is 0 Å². The van der Waals surface area contributed by atoms with E-state index in [2.05, 4.69) is 53.3 Å². The summed E-state index contributed by atoms with van der Waals surface area (Å²) in [7, 11) is 0. The molecule has 0 bridgehead atoms. The maximum atomic E-state index is 13.9. The molecule has 2 aromatic carbocycles. The molecule has 5 rings (SSSR count). The molecule has 1 N–H and O–H groups in total. The molecule has 1 fully saturated rings. The second kappa shape index (κ2) is 8.61. The highest BCUT2D eigenvalue weighted by molar-refractivity contribution is 7.80. The summed E-state index contributed by atoms with van der Waals surface area (Å²) in [4.78, 5) is 6.76. The second-order valence-electron chi connectivity index (χ2n) is 8.24. The zero-order valence-corrected chi connectivity index (χ0v) is 19.7. The highest BCUT2D eigenvalue weighted by atomic mass is 35.5. The van der Waals surface area contributed by atoms with E-state index in [4.69, 9.17) is 23.8 Å². The average Bonchev–Trinajstić information content (AvgIpc) is 3.40. The minimum Gasteiger partial charge on any atom is -0.351 e. The molecule has 3 heterocycles. The molecule has 2 aromatic heterocycles. The second-order valence-corrected chi connectivity index (χ2v) is 9.04. The van der Waals surface area contributed by atoms with Crippen molar-refractivity contribution in [3.05, 3.63) is 112 Å². The van der Waals surface area contributed by atoms with Crippen LogP contribution in [0.25, 0.3) is 5.69 Å². The fourth-order valence-corrected chi connectivity index (χ4v) is 5.05. The number of thiocarbonyl (C=S) groups is 1. The van der Waals surface area contributed by atoms with Crippen LogP contribution >= 0.6 is 23.8 Å². The molecule has 1 aliphatic rings. The predicted molar refractivity (Wildman–Crippen MR) is 135 cm³/mol. The van der Waals surface area contributed by atoms with Crippen LogP contribution in [-0.4, -0.2) is 14.7 Å². The normalized spacial score (nSPS) is 17.9. The lowest BCUT2D eigenvalue weighted by Gasteiger charge is -2.29. The molecule has 2 atom stereocenters. The number of nitrogens with zero attached hydrogens (tertiary/aromatic N) is 3. The molecule has 0 amide bonds. The lowest BCUT2D eigenvalue weighted by molar-refractivity contribution is 0.549. The summed E-state index contributed by atoms with van der Waals surface area (Å²) in [6.45, 7) is 4.16. The standard InChI is InChI=1S/C26H22ClFN4S/c1-16-12-17(2)14-19(13-16)32-25(24(30-26(32)33)22-6-3-4-10-29-22)23-7-5-11-31(23)18-8-9-21(28)20(27)15-18/h3-15,24-25H,1-2H3,(H,30,33)/t24-,25+/m0/s1. The molecular formula is C26H22ClFN4S. The van der Waals surface area contributed by atoms with Crippen LogP contribution in [0.5, 0.6) is 0 Å². The fraction of sp³-hybridized carbons (Fsp3) is 0.154. The van der Waals surface area contributed by atoms with Gasteiger partial charge in [0, 0.05) is 29.5 Å². The first-order valence-corrected chi connectivity index (χ1v) is 11.4. The van der Waals surface area contributed by atoms with Crippen molar-refractivity contribution in [1.29, 1.82) is 0 Å². The van der Waals surface area contributed by atoms with Gasteiger partial charge in [-0.15, -0.1) is 0 Å². The van der Waals surface area contributed by atoms with E-state index in [-0.39, 0.29) is 17.1 Å². The van der Waals surface area contributed by atoms with Crippen molar-refractivity contribution in [2.45, 2.75) is 25.9 Å². The SMILES string of the molecule is Cc1cc(C)cc(N2C(=S)N[C@@H](c3ccccn3)[C@H]2c2cccn2-c2ccc(F)c(Cl)c2)c1. The molecule has 4 nitrogen and oxygen atoms in total. The van der Waals surface area contributed by atoms with Gasteiger partial charge < -0.3 is 14.8 Å². The number of aromatic nitrogens is 2. The summed E-state index contributed by atoms with van der Waals surface area (Å²) in [5, 5.41) is 4.20. The molecular weight excluding hydrogens is 455 g/mol. The van der Waals surface area contributed by atoms with E-state index >= 15 is 0 Å². The topological polar surface area (TPSA) is 33.1 Å². The number of halogens is 2. The summed E-state index contributed by atoms with van der Waals surface area (Å²) in [6.07, 6.45) is 3.74. The highest BCUT2D eigenvalue weighted by Crippen LogP contribution is 2.42. The van der Waals surface area contributed by atoms with E-state index in [0.717, 1.165) is 33.9 Å². The number of nitrogens with one attached hydrogen (secondary N) is 1. The van der Waals surface area contributed by atoms with Gasteiger partial charge in [-0.2, -0.15) is 0 Å². The van der Waals surface area contributed by atoms with E-state index < -0.39 is 5.82 Å². The Morgan fingerprint density at radius 3 is 2.45 bits per heavy atom. The maximum Gasteiger partial charge on any atom is 0.174 e. The van der Waals surface area contributed by atoms with Crippen LogP contribution in [0.3, 0.4) is 0 Å². The highest BCUT2D eigenvalue weighted by Gasteiger charge is 2.42. The van der Waals surface area contributed by atoms with Crippen LogP contribution in [0.15, 0.2) is 79.1 Å². The van der Waals surface area contributed by atoms with E-state index in [9.17, 15) is 4.39 Å². The Balaban J connectivity index is 1.69. The third-order valence-electron chi connectivity index (χ3n) is 5.85. The van der Waals surface area contributed by atoms with Gasteiger partial charge in [0.25, 0.3) is 0 Å². The number of aryl methyl sites for hydroxylation is 2. The molecule has 0 radical (unpaired) electrons. The molecule has 0 unspecified atom stereocenters. The molecule has 7 heteroatoms. The van der Waals surface area contributed by atoms with Crippen molar-refractivity contribution in [1.82, 2.24) is 14.9 Å². The smallest absolute Gasteiger partial charge is 0.174 e. The van der Waals surface area contributed by atoms with Crippen LogP contribution in [-0.2, 0) is 0 Å². The van der Waals surface area contributed by atoms with E-state index in [1.807, 2.05) is 35.0 Å². The minimum atomic E-state index is -0.443. The zero-order chi connectivity index (χ0) is 23.1. The average molecular weight is 477 g/mol. The van der Waals surface area contributed by atoms with Crippen molar-refractivity contribution in [3.8, 4) is 5.69 Å². The van der Waals surface area contributed by atoms with Gasteiger partial charge in [-0.25, -0.2) is 4.39 Å². The van der Waals surface area contributed by atoms with Gasteiger partial charge in [-0.05, 0) is 91.8 Å². The molecule has 1 aliphatic heterocycles. The molecule has 1 saturated heterocycles. The molecule has 33 heavy (non-hydrogen) atoms. The van der Waals surface area contributed by atoms with Crippen molar-refractivity contribution in [2.75, 3.05) is 4.90 Å². The maximum absolute atomic E-state index is 13.9. The van der Waals surface area contributed by atoms with Crippen molar-refractivity contribution in [2.24, 2.45) is 0 Å². The minimum absolute atomic E-state index is 0.0830. The summed E-state index contributed by atoms with van der Waals surface area (Å²) in [5.74, 6) is -0.443. The first-order valence-electron chi connectivity index (χ1n) is 10.6. The summed E-state index contributed by atoms with van der Waals surface area (Å²) in [6, 6.07) is 20.7. The molecule has 166 valence electrons. The third kappa shape index (κ3) is 4.01. The monoisotopic (exact) mass is 476 g/mol. The van der Waals surface area contributed by atoms with Gasteiger partial charge in [0.2, 0.25) is 0 Å². The van der Waals surface area contributed by atoms with Gasteiger partial charge in [0.15, 0.2) is 5.11 Å². The number of hydrogen-bond acceptors (Lipinski definition) is 2. The molecule has 4 aromatic rings. The summed E-state index contributed by atoms with van der Waals surface area (Å²) < 4.78 is 15.9. The van der Waals surface area contributed by atoms with Gasteiger partial charge in [-0.3, -0.25) is 4.98 Å². The molecule has 0 spiro atoms. The number of pyridine rings is 1. The number of benzene rings is 2. The third-order valence-corrected chi connectivity index (χ3v) is 6.45.